The molecule has 1 aromatic heterocycles. The average molecular weight is 269 g/mol. The van der Waals surface area contributed by atoms with Crippen molar-refractivity contribution in [2.24, 2.45) is 0 Å². The van der Waals surface area contributed by atoms with Gasteiger partial charge in [-0.1, -0.05) is 0 Å². The van der Waals surface area contributed by atoms with Crippen LogP contribution in [0.15, 0.2) is 6.33 Å². The van der Waals surface area contributed by atoms with Crippen LogP contribution in [0.5, 0.6) is 0 Å². The summed E-state index contributed by atoms with van der Waals surface area (Å²) in [5.41, 5.74) is 0.387. The van der Waals surface area contributed by atoms with Gasteiger partial charge in [0.05, 0.1) is 12.0 Å². The lowest BCUT2D eigenvalue weighted by Gasteiger charge is -2.04. The predicted octanol–water partition coefficient (Wildman–Crippen LogP) is 0.0215. The molecule has 0 fully saturated rings. The third-order valence-corrected chi connectivity index (χ3v) is 2.41. The highest BCUT2D eigenvalue weighted by Gasteiger charge is 2.12. The van der Waals surface area contributed by atoms with E-state index in [1.165, 1.54) is 6.33 Å². The molecule has 1 aromatic rings. The van der Waals surface area contributed by atoms with Gasteiger partial charge in [-0.3, -0.25) is 9.59 Å². The van der Waals surface area contributed by atoms with Crippen molar-refractivity contribution in [2.75, 3.05) is 6.54 Å². The number of carboxylic acid groups (broad SMARTS) is 2. The molecule has 0 atom stereocenters. The maximum absolute atomic E-state index is 11.3. The number of H-pyrrole nitrogens is 1. The molecule has 0 aliphatic carbocycles. The molecule has 8 heteroatoms. The fourth-order valence-electron chi connectivity index (χ4n) is 1.51. The van der Waals surface area contributed by atoms with Crippen LogP contribution >= 0.6 is 0 Å². The number of hydrogen-bond donors (Lipinski definition) is 4. The maximum atomic E-state index is 11.3. The molecule has 0 aliphatic heterocycles. The minimum absolute atomic E-state index is 0.0445. The molecule has 1 amide bonds. The van der Waals surface area contributed by atoms with Gasteiger partial charge in [0.2, 0.25) is 5.91 Å². The van der Waals surface area contributed by atoms with Gasteiger partial charge in [0.1, 0.15) is 0 Å². The van der Waals surface area contributed by atoms with Crippen LogP contribution in [0.2, 0.25) is 0 Å². The lowest BCUT2D eigenvalue weighted by Crippen LogP contribution is -2.26. The normalized spacial score (nSPS) is 10.1. The number of hydrogen-bond acceptors (Lipinski definition) is 4. The Bertz CT molecular complexity index is 469. The molecular weight excluding hydrogens is 254 g/mol. The average Bonchev–Trinajstić information content (AvgIpc) is 2.77. The Labute approximate surface area is 108 Å². The van der Waals surface area contributed by atoms with Crippen molar-refractivity contribution in [1.82, 2.24) is 15.3 Å². The van der Waals surface area contributed by atoms with Gasteiger partial charge < -0.3 is 20.5 Å². The summed E-state index contributed by atoms with van der Waals surface area (Å²) in [5, 5.41) is 19.8. The Morgan fingerprint density at radius 2 is 2.00 bits per heavy atom. The van der Waals surface area contributed by atoms with Crippen molar-refractivity contribution in [3.63, 3.8) is 0 Å². The van der Waals surface area contributed by atoms with Crippen LogP contribution in [-0.2, 0) is 16.0 Å². The summed E-state index contributed by atoms with van der Waals surface area (Å²) in [6, 6.07) is 0. The van der Waals surface area contributed by atoms with Crippen molar-refractivity contribution in [3.05, 3.63) is 17.7 Å². The van der Waals surface area contributed by atoms with Crippen LogP contribution in [-0.4, -0.2) is 44.6 Å². The lowest BCUT2D eigenvalue weighted by molar-refractivity contribution is -0.137. The first-order valence-electron chi connectivity index (χ1n) is 5.74. The van der Waals surface area contributed by atoms with Crippen LogP contribution in [0.25, 0.3) is 0 Å². The smallest absolute Gasteiger partial charge is 0.356 e. The van der Waals surface area contributed by atoms with Crippen molar-refractivity contribution in [3.8, 4) is 0 Å². The highest BCUT2D eigenvalue weighted by atomic mass is 16.4. The Balaban J connectivity index is 2.26. The summed E-state index contributed by atoms with van der Waals surface area (Å²) < 4.78 is 0. The highest BCUT2D eigenvalue weighted by molar-refractivity contribution is 5.86. The molecule has 0 spiro atoms. The van der Waals surface area contributed by atoms with E-state index in [0.29, 0.717) is 12.1 Å². The molecule has 8 nitrogen and oxygen atoms in total. The summed E-state index contributed by atoms with van der Waals surface area (Å²) in [6.45, 7) is 0.272. The van der Waals surface area contributed by atoms with E-state index >= 15 is 0 Å². The number of carbonyl (C=O) groups is 3. The zero-order chi connectivity index (χ0) is 14.3. The van der Waals surface area contributed by atoms with Gasteiger partial charge in [0.15, 0.2) is 5.69 Å². The second-order valence-corrected chi connectivity index (χ2v) is 3.88. The molecule has 104 valence electrons. The van der Waals surface area contributed by atoms with Gasteiger partial charge in [-0.05, 0) is 6.42 Å². The number of aliphatic carboxylic acids is 1. The van der Waals surface area contributed by atoms with E-state index in [9.17, 15) is 14.4 Å². The number of carboxylic acids is 2. The summed E-state index contributed by atoms with van der Waals surface area (Å²) in [7, 11) is 0. The van der Waals surface area contributed by atoms with Gasteiger partial charge >= 0.3 is 11.9 Å². The number of nitrogens with one attached hydrogen (secondary N) is 2. The van der Waals surface area contributed by atoms with E-state index < -0.39 is 11.9 Å². The molecule has 0 saturated carbocycles. The van der Waals surface area contributed by atoms with Crippen molar-refractivity contribution in [1.29, 1.82) is 0 Å². The van der Waals surface area contributed by atoms with Gasteiger partial charge in [-0.2, -0.15) is 0 Å². The molecular formula is C11H15N3O5. The van der Waals surface area contributed by atoms with Crippen molar-refractivity contribution < 1.29 is 24.6 Å². The van der Waals surface area contributed by atoms with Crippen LogP contribution in [0, 0.1) is 0 Å². The molecule has 1 rings (SSSR count). The summed E-state index contributed by atoms with van der Waals surface area (Å²) in [4.78, 5) is 38.7. The second kappa shape index (κ2) is 7.14. The van der Waals surface area contributed by atoms with Gasteiger partial charge in [-0.25, -0.2) is 9.78 Å². The zero-order valence-electron chi connectivity index (χ0n) is 10.2. The third kappa shape index (κ3) is 5.19. The number of imidazole rings is 1. The molecule has 1 heterocycles. The molecule has 0 aromatic carbocycles. The van der Waals surface area contributed by atoms with E-state index in [-0.39, 0.29) is 37.4 Å². The monoisotopic (exact) mass is 269 g/mol. The standard InChI is InChI=1S/C11H15N3O5/c15-8(2-1-3-9(16)17)12-5-4-7-10(11(18)19)14-6-13-7/h6H,1-5H2,(H,12,15)(H,13,14)(H,16,17)(H,18,19). The van der Waals surface area contributed by atoms with Crippen molar-refractivity contribution >= 4 is 17.8 Å². The largest absolute Gasteiger partial charge is 0.481 e. The SMILES string of the molecule is O=C(O)CCCC(=O)NCCc1[nH]cnc1C(=O)O. The second-order valence-electron chi connectivity index (χ2n) is 3.88. The Morgan fingerprint density at radius 1 is 1.26 bits per heavy atom. The van der Waals surface area contributed by atoms with E-state index in [2.05, 4.69) is 15.3 Å². The van der Waals surface area contributed by atoms with Crippen LogP contribution in [0.1, 0.15) is 35.4 Å². The number of aromatic carboxylic acids is 1. The highest BCUT2D eigenvalue weighted by Crippen LogP contribution is 2.03. The molecule has 0 radical (unpaired) electrons. The quantitative estimate of drug-likeness (QED) is 0.526. The Kier molecular flexibility index (Phi) is 5.52. The molecule has 0 unspecified atom stereocenters. The fraction of sp³-hybridized carbons (Fsp3) is 0.455. The zero-order valence-corrected chi connectivity index (χ0v) is 10.2. The molecule has 0 bridgehead atoms. The minimum Gasteiger partial charge on any atom is -0.481 e. The first kappa shape index (κ1) is 14.7. The molecule has 4 N–H and O–H groups in total. The molecule has 0 aliphatic rings. The minimum atomic E-state index is -1.12. The summed E-state index contributed by atoms with van der Waals surface area (Å²) in [5.74, 6) is -2.31. The van der Waals surface area contributed by atoms with Crippen LogP contribution in [0.3, 0.4) is 0 Å². The Morgan fingerprint density at radius 3 is 2.63 bits per heavy atom. The number of rotatable bonds is 8. The van der Waals surface area contributed by atoms with Gasteiger partial charge in [0.25, 0.3) is 0 Å². The number of amides is 1. The first-order valence-corrected chi connectivity index (χ1v) is 5.74. The fourth-order valence-corrected chi connectivity index (χ4v) is 1.51. The topological polar surface area (TPSA) is 132 Å². The number of aromatic amines is 1. The van der Waals surface area contributed by atoms with E-state index in [4.69, 9.17) is 10.2 Å². The van der Waals surface area contributed by atoms with E-state index in [0.717, 1.165) is 0 Å². The predicted molar refractivity (Wildman–Crippen MR) is 63.7 cm³/mol. The summed E-state index contributed by atoms with van der Waals surface area (Å²) >= 11 is 0. The Hall–Kier alpha value is -2.38. The lowest BCUT2D eigenvalue weighted by atomic mass is 10.2. The number of carbonyl (C=O) groups excluding carboxylic acids is 1. The number of aromatic nitrogens is 2. The number of nitrogens with zero attached hydrogens (tertiary/aromatic N) is 1. The summed E-state index contributed by atoms with van der Waals surface area (Å²) in [6.07, 6.45) is 1.99. The van der Waals surface area contributed by atoms with Crippen LogP contribution in [0.4, 0.5) is 0 Å². The molecule has 0 saturated heterocycles. The van der Waals surface area contributed by atoms with E-state index in [1.54, 1.807) is 0 Å². The molecule has 19 heavy (non-hydrogen) atoms. The third-order valence-electron chi connectivity index (χ3n) is 2.41. The van der Waals surface area contributed by atoms with Crippen LogP contribution < -0.4 is 5.32 Å². The van der Waals surface area contributed by atoms with Gasteiger partial charge in [-0.15, -0.1) is 0 Å². The first-order chi connectivity index (χ1) is 9.00. The van der Waals surface area contributed by atoms with E-state index in [1.807, 2.05) is 0 Å². The van der Waals surface area contributed by atoms with Gasteiger partial charge in [0, 0.05) is 25.8 Å². The van der Waals surface area contributed by atoms with Crippen molar-refractivity contribution in [2.45, 2.75) is 25.7 Å². The maximum Gasteiger partial charge on any atom is 0.356 e.